The van der Waals surface area contributed by atoms with E-state index in [9.17, 15) is 4.79 Å². The molecule has 3 aromatic carbocycles. The Morgan fingerprint density at radius 1 is 1.08 bits per heavy atom. The highest BCUT2D eigenvalue weighted by molar-refractivity contribution is 7.80. The molecule has 7 heteroatoms. The number of nitrogens with zero attached hydrogens (tertiary/aromatic N) is 1. The van der Waals surface area contributed by atoms with E-state index < -0.39 is 0 Å². The molecule has 1 heterocycles. The standard InChI is InChI=1S/C30H33N3O3S/c1-6-20(5)21-11-13-26-25(16-21)32-29(36-26)22-8-7-9-23(15-22)31-30(37)33-28(34)17-35-27-14-19(4)10-12-24(27)18(2)3/h7-16,18,20H,6,17H2,1-5H3,(H2,31,33,34,37). The van der Waals surface area contributed by atoms with Gasteiger partial charge < -0.3 is 14.5 Å². The second-order valence-corrected chi connectivity index (χ2v) is 10.0. The fourth-order valence-electron chi connectivity index (χ4n) is 4.05. The number of thiocarbonyl (C=S) groups is 1. The summed E-state index contributed by atoms with van der Waals surface area (Å²) in [6, 6.07) is 19.7. The molecular formula is C30H33N3O3S. The monoisotopic (exact) mass is 515 g/mol. The Morgan fingerprint density at radius 2 is 1.89 bits per heavy atom. The minimum Gasteiger partial charge on any atom is -0.483 e. The van der Waals surface area contributed by atoms with Gasteiger partial charge in [-0.25, -0.2) is 4.98 Å². The molecule has 0 fully saturated rings. The fraction of sp³-hybridized carbons (Fsp3) is 0.300. The lowest BCUT2D eigenvalue weighted by Gasteiger charge is -2.15. The molecular weight excluding hydrogens is 482 g/mol. The average Bonchev–Trinajstić information content (AvgIpc) is 3.30. The summed E-state index contributed by atoms with van der Waals surface area (Å²) < 4.78 is 11.8. The molecule has 1 aromatic heterocycles. The van der Waals surface area contributed by atoms with Gasteiger partial charge in [0.2, 0.25) is 5.89 Å². The summed E-state index contributed by atoms with van der Waals surface area (Å²) in [5, 5.41) is 5.93. The van der Waals surface area contributed by atoms with Crippen LogP contribution in [-0.2, 0) is 4.79 Å². The number of nitrogens with one attached hydrogen (secondary N) is 2. The number of benzene rings is 3. The quantitative estimate of drug-likeness (QED) is 0.239. The van der Waals surface area contributed by atoms with Gasteiger partial charge >= 0.3 is 0 Å². The van der Waals surface area contributed by atoms with Crippen molar-refractivity contribution in [3.63, 3.8) is 0 Å². The third-order valence-corrected chi connectivity index (χ3v) is 6.57. The number of fused-ring (bicyclic) bond motifs is 1. The normalized spacial score (nSPS) is 11.9. The van der Waals surface area contributed by atoms with Gasteiger partial charge in [-0.3, -0.25) is 10.1 Å². The summed E-state index contributed by atoms with van der Waals surface area (Å²) in [6.45, 7) is 10.4. The van der Waals surface area contributed by atoms with Gasteiger partial charge in [-0.2, -0.15) is 0 Å². The number of carbonyl (C=O) groups is 1. The van der Waals surface area contributed by atoms with Gasteiger partial charge in [-0.05, 0) is 90.5 Å². The van der Waals surface area contributed by atoms with Gasteiger partial charge in [-0.1, -0.05) is 52.0 Å². The highest BCUT2D eigenvalue weighted by atomic mass is 32.1. The van der Waals surface area contributed by atoms with Gasteiger partial charge in [0.15, 0.2) is 17.3 Å². The number of ether oxygens (including phenoxy) is 1. The van der Waals surface area contributed by atoms with Crippen molar-refractivity contribution in [3.8, 4) is 17.2 Å². The Bertz CT molecular complexity index is 1430. The molecule has 1 atom stereocenters. The summed E-state index contributed by atoms with van der Waals surface area (Å²) in [5.74, 6) is 1.67. The summed E-state index contributed by atoms with van der Waals surface area (Å²) in [4.78, 5) is 17.2. The molecule has 1 amide bonds. The SMILES string of the molecule is CCC(C)c1ccc2oc(-c3cccc(NC(=S)NC(=O)COc4cc(C)ccc4C(C)C)c3)nc2c1. The number of hydrogen-bond acceptors (Lipinski definition) is 5. The first kappa shape index (κ1) is 26.4. The maximum absolute atomic E-state index is 12.5. The molecule has 4 aromatic rings. The minimum atomic E-state index is -0.332. The zero-order chi connectivity index (χ0) is 26.5. The van der Waals surface area contributed by atoms with E-state index >= 15 is 0 Å². The summed E-state index contributed by atoms with van der Waals surface area (Å²) >= 11 is 5.36. The summed E-state index contributed by atoms with van der Waals surface area (Å²) in [7, 11) is 0. The Hall–Kier alpha value is -3.71. The molecule has 0 aliphatic rings. The zero-order valence-corrected chi connectivity index (χ0v) is 22.7. The summed E-state index contributed by atoms with van der Waals surface area (Å²) in [6.07, 6.45) is 1.07. The van der Waals surface area contributed by atoms with E-state index in [-0.39, 0.29) is 23.5 Å². The number of carbonyl (C=O) groups excluding carboxylic acids is 1. The number of aromatic nitrogens is 1. The number of aryl methyl sites for hydroxylation is 1. The predicted octanol–water partition coefficient (Wildman–Crippen LogP) is 7.33. The van der Waals surface area contributed by atoms with Crippen molar-refractivity contribution >= 4 is 40.0 Å². The van der Waals surface area contributed by atoms with Crippen molar-refractivity contribution in [3.05, 3.63) is 77.4 Å². The van der Waals surface area contributed by atoms with Crippen LogP contribution in [0.1, 0.15) is 62.6 Å². The molecule has 0 bridgehead atoms. The molecule has 0 aliphatic carbocycles. The van der Waals surface area contributed by atoms with Crippen molar-refractivity contribution < 1.29 is 13.9 Å². The molecule has 2 N–H and O–H groups in total. The van der Waals surface area contributed by atoms with E-state index in [4.69, 9.17) is 26.4 Å². The van der Waals surface area contributed by atoms with Crippen LogP contribution in [-0.4, -0.2) is 22.6 Å². The van der Waals surface area contributed by atoms with E-state index in [1.54, 1.807) is 0 Å². The topological polar surface area (TPSA) is 76.4 Å². The molecule has 0 aliphatic heterocycles. The zero-order valence-electron chi connectivity index (χ0n) is 21.9. The largest absolute Gasteiger partial charge is 0.483 e. The van der Waals surface area contributed by atoms with Gasteiger partial charge in [0, 0.05) is 11.3 Å². The van der Waals surface area contributed by atoms with Crippen molar-refractivity contribution in [1.29, 1.82) is 0 Å². The van der Waals surface area contributed by atoms with Crippen molar-refractivity contribution in [2.24, 2.45) is 0 Å². The lowest BCUT2D eigenvalue weighted by Crippen LogP contribution is -2.37. The molecule has 6 nitrogen and oxygen atoms in total. The Labute approximate surface area is 223 Å². The van der Waals surface area contributed by atoms with Crippen molar-refractivity contribution in [1.82, 2.24) is 10.3 Å². The lowest BCUT2D eigenvalue weighted by atomic mass is 9.98. The molecule has 0 spiro atoms. The first-order valence-corrected chi connectivity index (χ1v) is 13.0. The third-order valence-electron chi connectivity index (χ3n) is 6.36. The average molecular weight is 516 g/mol. The smallest absolute Gasteiger partial charge is 0.264 e. The first-order chi connectivity index (χ1) is 17.7. The maximum Gasteiger partial charge on any atom is 0.264 e. The Morgan fingerprint density at radius 3 is 2.65 bits per heavy atom. The Balaban J connectivity index is 1.39. The molecule has 37 heavy (non-hydrogen) atoms. The van der Waals surface area contributed by atoms with Crippen molar-refractivity contribution in [2.45, 2.75) is 52.9 Å². The number of anilines is 1. The van der Waals surface area contributed by atoms with Crippen LogP contribution in [0.15, 0.2) is 65.1 Å². The van der Waals surface area contributed by atoms with E-state index in [2.05, 4.69) is 50.5 Å². The number of rotatable bonds is 8. The second-order valence-electron chi connectivity index (χ2n) is 9.62. The molecule has 0 saturated carbocycles. The van der Waals surface area contributed by atoms with Crippen LogP contribution >= 0.6 is 12.2 Å². The Kier molecular flexibility index (Phi) is 8.24. The van der Waals surface area contributed by atoms with Crippen LogP contribution in [0.2, 0.25) is 0 Å². The number of oxazole rings is 1. The molecule has 192 valence electrons. The number of hydrogen-bond donors (Lipinski definition) is 2. The van der Waals surface area contributed by atoms with E-state index in [0.29, 0.717) is 23.2 Å². The first-order valence-electron chi connectivity index (χ1n) is 12.6. The second kappa shape index (κ2) is 11.6. The van der Waals surface area contributed by atoms with Crippen LogP contribution < -0.4 is 15.4 Å². The van der Waals surface area contributed by atoms with Crippen molar-refractivity contribution in [2.75, 3.05) is 11.9 Å². The van der Waals surface area contributed by atoms with Crippen LogP contribution in [0.25, 0.3) is 22.6 Å². The van der Waals surface area contributed by atoms with Gasteiger partial charge in [0.05, 0.1) is 0 Å². The third kappa shape index (κ3) is 6.54. The van der Waals surface area contributed by atoms with Gasteiger partial charge in [0.1, 0.15) is 11.3 Å². The molecule has 1 unspecified atom stereocenters. The maximum atomic E-state index is 12.5. The predicted molar refractivity (Wildman–Crippen MR) is 153 cm³/mol. The van der Waals surface area contributed by atoms with E-state index in [1.165, 1.54) is 5.56 Å². The fourth-order valence-corrected chi connectivity index (χ4v) is 4.28. The molecule has 0 radical (unpaired) electrons. The van der Waals surface area contributed by atoms with Crippen LogP contribution in [0.5, 0.6) is 5.75 Å². The molecule has 0 saturated heterocycles. The van der Waals surface area contributed by atoms with Crippen LogP contribution in [0, 0.1) is 6.92 Å². The van der Waals surface area contributed by atoms with Crippen LogP contribution in [0.3, 0.4) is 0 Å². The minimum absolute atomic E-state index is 0.132. The highest BCUT2D eigenvalue weighted by Crippen LogP contribution is 2.29. The number of amides is 1. The van der Waals surface area contributed by atoms with E-state index in [1.807, 2.05) is 55.5 Å². The lowest BCUT2D eigenvalue weighted by molar-refractivity contribution is -0.121. The highest BCUT2D eigenvalue weighted by Gasteiger charge is 2.13. The molecule has 4 rings (SSSR count). The van der Waals surface area contributed by atoms with Crippen LogP contribution in [0.4, 0.5) is 5.69 Å². The van der Waals surface area contributed by atoms with E-state index in [0.717, 1.165) is 34.2 Å². The summed E-state index contributed by atoms with van der Waals surface area (Å²) in [5.41, 5.74) is 6.49. The van der Waals surface area contributed by atoms with Gasteiger partial charge in [0.25, 0.3) is 5.91 Å². The van der Waals surface area contributed by atoms with Gasteiger partial charge in [-0.15, -0.1) is 0 Å².